The van der Waals surface area contributed by atoms with Crippen LogP contribution in [-0.2, 0) is 13.5 Å². The van der Waals surface area contributed by atoms with Gasteiger partial charge in [-0.1, -0.05) is 6.92 Å². The summed E-state index contributed by atoms with van der Waals surface area (Å²) >= 11 is 0. The van der Waals surface area contributed by atoms with Crippen molar-refractivity contribution >= 4 is 16.7 Å². The molecule has 0 amide bonds. The summed E-state index contributed by atoms with van der Waals surface area (Å²) in [5.41, 5.74) is 9.93. The second-order valence-corrected chi connectivity index (χ2v) is 5.13. The zero-order valence-corrected chi connectivity index (χ0v) is 12.5. The van der Waals surface area contributed by atoms with Gasteiger partial charge in [0, 0.05) is 19.2 Å². The van der Waals surface area contributed by atoms with E-state index >= 15 is 0 Å². The van der Waals surface area contributed by atoms with Crippen LogP contribution in [0.1, 0.15) is 18.1 Å². The van der Waals surface area contributed by atoms with E-state index in [1.54, 1.807) is 18.5 Å². The van der Waals surface area contributed by atoms with Gasteiger partial charge in [0.25, 0.3) is 0 Å². The number of fused-ring (bicyclic) bond motifs is 1. The number of ether oxygens (including phenoxy) is 1. The number of aromatic nitrogens is 2. The molecular formula is C17H16N4O. The SMILES string of the molecule is CCc1cc(C#N)ccc1Oc1cc(N)c2ncn(C)c2c1. The summed E-state index contributed by atoms with van der Waals surface area (Å²) in [5, 5.41) is 8.98. The molecule has 22 heavy (non-hydrogen) atoms. The molecule has 0 radical (unpaired) electrons. The third-order valence-corrected chi connectivity index (χ3v) is 3.63. The van der Waals surface area contributed by atoms with Crippen molar-refractivity contribution in [1.82, 2.24) is 9.55 Å². The highest BCUT2D eigenvalue weighted by Gasteiger charge is 2.10. The van der Waals surface area contributed by atoms with Crippen molar-refractivity contribution in [3.63, 3.8) is 0 Å². The van der Waals surface area contributed by atoms with Gasteiger partial charge < -0.3 is 15.0 Å². The third kappa shape index (κ3) is 2.35. The number of nitriles is 1. The smallest absolute Gasteiger partial charge is 0.131 e. The van der Waals surface area contributed by atoms with Crippen molar-refractivity contribution in [3.05, 3.63) is 47.8 Å². The Kier molecular flexibility index (Phi) is 3.43. The second-order valence-electron chi connectivity index (χ2n) is 5.13. The van der Waals surface area contributed by atoms with E-state index in [2.05, 4.69) is 11.1 Å². The Bertz CT molecular complexity index is 890. The van der Waals surface area contributed by atoms with Gasteiger partial charge in [-0.15, -0.1) is 0 Å². The number of imidazole rings is 1. The molecule has 3 rings (SSSR count). The first-order valence-corrected chi connectivity index (χ1v) is 7.03. The Morgan fingerprint density at radius 1 is 1.32 bits per heavy atom. The monoisotopic (exact) mass is 292 g/mol. The number of rotatable bonds is 3. The molecular weight excluding hydrogens is 276 g/mol. The minimum atomic E-state index is 0.583. The van der Waals surface area contributed by atoms with Crippen LogP contribution in [0.4, 0.5) is 5.69 Å². The fourth-order valence-corrected chi connectivity index (χ4v) is 2.44. The molecule has 0 atom stereocenters. The molecule has 2 aromatic carbocycles. The number of nitrogens with two attached hydrogens (primary N) is 1. The zero-order chi connectivity index (χ0) is 15.7. The normalized spacial score (nSPS) is 10.6. The number of hydrogen-bond acceptors (Lipinski definition) is 4. The summed E-state index contributed by atoms with van der Waals surface area (Å²) in [5.74, 6) is 1.40. The van der Waals surface area contributed by atoms with Crippen LogP contribution in [0, 0.1) is 11.3 Å². The van der Waals surface area contributed by atoms with Crippen molar-refractivity contribution in [2.45, 2.75) is 13.3 Å². The Labute approximate surface area is 128 Å². The maximum Gasteiger partial charge on any atom is 0.131 e. The molecule has 110 valence electrons. The van der Waals surface area contributed by atoms with Crippen LogP contribution in [0.2, 0.25) is 0 Å². The van der Waals surface area contributed by atoms with E-state index in [1.165, 1.54) is 0 Å². The van der Waals surface area contributed by atoms with E-state index in [-0.39, 0.29) is 0 Å². The lowest BCUT2D eigenvalue weighted by atomic mass is 10.1. The molecule has 0 bridgehead atoms. The first kappa shape index (κ1) is 14.0. The quantitative estimate of drug-likeness (QED) is 0.751. The van der Waals surface area contributed by atoms with Crippen LogP contribution in [0.25, 0.3) is 11.0 Å². The van der Waals surface area contributed by atoms with Crippen LogP contribution >= 0.6 is 0 Å². The van der Waals surface area contributed by atoms with Gasteiger partial charge in [0.15, 0.2) is 0 Å². The Morgan fingerprint density at radius 2 is 2.14 bits per heavy atom. The largest absolute Gasteiger partial charge is 0.457 e. The number of aryl methyl sites for hydroxylation is 2. The van der Waals surface area contributed by atoms with Gasteiger partial charge in [-0.2, -0.15) is 5.26 Å². The molecule has 3 aromatic rings. The van der Waals surface area contributed by atoms with E-state index in [0.29, 0.717) is 17.0 Å². The molecule has 0 saturated carbocycles. The lowest BCUT2D eigenvalue weighted by molar-refractivity contribution is 0.477. The molecule has 1 aromatic heterocycles. The molecule has 0 aliphatic rings. The fraction of sp³-hybridized carbons (Fsp3) is 0.176. The standard InChI is InChI=1S/C17H16N4O/c1-3-12-6-11(9-18)4-5-16(12)22-13-7-14(19)17-15(8-13)21(2)10-20-17/h4-8,10H,3,19H2,1-2H3. The Hall–Kier alpha value is -3.00. The number of hydrogen-bond donors (Lipinski definition) is 1. The lowest BCUT2D eigenvalue weighted by Crippen LogP contribution is -1.95. The van der Waals surface area contributed by atoms with Crippen LogP contribution in [-0.4, -0.2) is 9.55 Å². The number of anilines is 1. The van der Waals surface area contributed by atoms with E-state index in [1.807, 2.05) is 36.7 Å². The second kappa shape index (κ2) is 5.41. The van der Waals surface area contributed by atoms with Gasteiger partial charge in [0.2, 0.25) is 0 Å². The maximum absolute atomic E-state index is 8.98. The molecule has 2 N–H and O–H groups in total. The average Bonchev–Trinajstić information content (AvgIpc) is 2.90. The summed E-state index contributed by atoms with van der Waals surface area (Å²) in [6.45, 7) is 2.03. The molecule has 1 heterocycles. The minimum absolute atomic E-state index is 0.583. The van der Waals surface area contributed by atoms with E-state index in [0.717, 1.165) is 28.8 Å². The van der Waals surface area contributed by atoms with Crippen molar-refractivity contribution in [2.24, 2.45) is 7.05 Å². The van der Waals surface area contributed by atoms with Gasteiger partial charge in [0.05, 0.1) is 29.2 Å². The van der Waals surface area contributed by atoms with Crippen LogP contribution in [0.5, 0.6) is 11.5 Å². The highest BCUT2D eigenvalue weighted by molar-refractivity contribution is 5.88. The molecule has 0 fully saturated rings. The summed E-state index contributed by atoms with van der Waals surface area (Å²) in [6.07, 6.45) is 2.51. The van der Waals surface area contributed by atoms with Crippen molar-refractivity contribution < 1.29 is 4.74 Å². The highest BCUT2D eigenvalue weighted by atomic mass is 16.5. The minimum Gasteiger partial charge on any atom is -0.457 e. The first-order chi connectivity index (χ1) is 10.6. The summed E-state index contributed by atoms with van der Waals surface area (Å²) < 4.78 is 7.88. The van der Waals surface area contributed by atoms with Crippen molar-refractivity contribution in [2.75, 3.05) is 5.73 Å². The van der Waals surface area contributed by atoms with Gasteiger partial charge in [-0.3, -0.25) is 0 Å². The maximum atomic E-state index is 8.98. The highest BCUT2D eigenvalue weighted by Crippen LogP contribution is 2.31. The predicted molar refractivity (Wildman–Crippen MR) is 85.7 cm³/mol. The number of nitrogen functional groups attached to an aromatic ring is 1. The zero-order valence-electron chi connectivity index (χ0n) is 12.5. The average molecular weight is 292 g/mol. The fourth-order valence-electron chi connectivity index (χ4n) is 2.44. The molecule has 0 aliphatic heterocycles. The van der Waals surface area contributed by atoms with Gasteiger partial charge in [-0.05, 0) is 30.2 Å². The van der Waals surface area contributed by atoms with Gasteiger partial charge >= 0.3 is 0 Å². The van der Waals surface area contributed by atoms with Crippen molar-refractivity contribution in [3.8, 4) is 17.6 Å². The van der Waals surface area contributed by atoms with Crippen LogP contribution < -0.4 is 10.5 Å². The Morgan fingerprint density at radius 3 is 2.86 bits per heavy atom. The van der Waals surface area contributed by atoms with Crippen LogP contribution in [0.15, 0.2) is 36.7 Å². The van der Waals surface area contributed by atoms with Gasteiger partial charge in [-0.25, -0.2) is 4.98 Å². The Balaban J connectivity index is 2.03. The lowest BCUT2D eigenvalue weighted by Gasteiger charge is -2.11. The molecule has 5 nitrogen and oxygen atoms in total. The van der Waals surface area contributed by atoms with E-state index < -0.39 is 0 Å². The molecule has 0 spiro atoms. The van der Waals surface area contributed by atoms with E-state index in [9.17, 15) is 0 Å². The predicted octanol–water partition coefficient (Wildman–Crippen LogP) is 3.38. The molecule has 5 heteroatoms. The third-order valence-electron chi connectivity index (χ3n) is 3.63. The van der Waals surface area contributed by atoms with Crippen LogP contribution in [0.3, 0.4) is 0 Å². The number of benzene rings is 2. The molecule has 0 saturated heterocycles. The molecule has 0 aliphatic carbocycles. The number of nitrogens with zero attached hydrogens (tertiary/aromatic N) is 3. The summed E-state index contributed by atoms with van der Waals surface area (Å²) in [4.78, 5) is 4.27. The topological polar surface area (TPSA) is 76.9 Å². The first-order valence-electron chi connectivity index (χ1n) is 7.03. The van der Waals surface area contributed by atoms with E-state index in [4.69, 9.17) is 15.7 Å². The summed E-state index contributed by atoms with van der Waals surface area (Å²) in [7, 11) is 1.91. The van der Waals surface area contributed by atoms with Gasteiger partial charge in [0.1, 0.15) is 17.0 Å². The summed E-state index contributed by atoms with van der Waals surface area (Å²) in [6, 6.07) is 11.2. The molecule has 0 unspecified atom stereocenters. The van der Waals surface area contributed by atoms with Crippen molar-refractivity contribution in [1.29, 1.82) is 5.26 Å².